The number of benzene rings is 1. The number of alkyl halides is 3. The Morgan fingerprint density at radius 1 is 1.15 bits per heavy atom. The van der Waals surface area contributed by atoms with Gasteiger partial charge in [-0.05, 0) is 69.1 Å². The highest BCUT2D eigenvalue weighted by Gasteiger charge is 2.37. The van der Waals surface area contributed by atoms with E-state index in [0.29, 0.717) is 24.8 Å². The van der Waals surface area contributed by atoms with Gasteiger partial charge in [-0.1, -0.05) is 17.7 Å². The van der Waals surface area contributed by atoms with Crippen LogP contribution >= 0.6 is 11.6 Å². The smallest absolute Gasteiger partial charge is 0.417 e. The summed E-state index contributed by atoms with van der Waals surface area (Å²) in [6.45, 7) is -0.250. The number of halogens is 4. The second-order valence-electron chi connectivity index (χ2n) is 9.07. The van der Waals surface area contributed by atoms with Crippen LogP contribution in [0.2, 0.25) is 5.02 Å². The molecule has 4 rings (SSSR count). The largest absolute Gasteiger partial charge is 0.483 e. The van der Waals surface area contributed by atoms with E-state index in [1.165, 1.54) is 43.0 Å². The molecule has 10 nitrogen and oxygen atoms in total. The van der Waals surface area contributed by atoms with Crippen LogP contribution in [0.25, 0.3) is 0 Å². The summed E-state index contributed by atoms with van der Waals surface area (Å²) in [7, 11) is -0.132. The summed E-state index contributed by atoms with van der Waals surface area (Å²) in [5.74, 6) is 0.282. The van der Waals surface area contributed by atoms with Crippen LogP contribution < -0.4 is 9.46 Å². The highest BCUT2D eigenvalue weighted by atomic mass is 35.5. The van der Waals surface area contributed by atoms with Crippen molar-refractivity contribution in [3.05, 3.63) is 71.3 Å². The van der Waals surface area contributed by atoms with Gasteiger partial charge in [-0.2, -0.15) is 13.2 Å². The molecule has 1 aliphatic carbocycles. The number of carboxylic acid groups (broad SMARTS) is 1. The van der Waals surface area contributed by atoms with Crippen LogP contribution in [0.15, 0.2) is 60.0 Å². The third-order valence-corrected chi connectivity index (χ3v) is 7.97. The lowest BCUT2D eigenvalue weighted by molar-refractivity contribution is -0.137. The first-order valence-corrected chi connectivity index (χ1v) is 13.7. The van der Waals surface area contributed by atoms with Crippen molar-refractivity contribution in [3.8, 4) is 5.88 Å². The van der Waals surface area contributed by atoms with Crippen molar-refractivity contribution in [2.75, 3.05) is 18.8 Å². The number of rotatable bonds is 7. The topological polar surface area (TPSA) is 135 Å². The lowest BCUT2D eigenvalue weighted by Crippen LogP contribution is -2.46. The number of anilines is 1. The molecule has 0 bridgehead atoms. The molecule has 216 valence electrons. The fraction of sp³-hybridized carbons (Fsp3) is 0.360. The number of likely N-dealkylation sites (N-methyl/N-ethyl adjacent to an activating group) is 1. The molecule has 1 saturated carbocycles. The Labute approximate surface area is 234 Å². The molecule has 2 N–H and O–H groups in total. The van der Waals surface area contributed by atoms with E-state index in [9.17, 15) is 21.6 Å². The van der Waals surface area contributed by atoms with Crippen LogP contribution in [0.1, 0.15) is 36.3 Å². The summed E-state index contributed by atoms with van der Waals surface area (Å²) in [4.78, 5) is 22.0. The molecule has 15 heteroatoms. The maximum atomic E-state index is 13.3. The van der Waals surface area contributed by atoms with Gasteiger partial charge in [0.1, 0.15) is 23.1 Å². The van der Waals surface area contributed by atoms with E-state index in [-0.39, 0.29) is 46.2 Å². The van der Waals surface area contributed by atoms with Crippen molar-refractivity contribution in [1.29, 1.82) is 0 Å². The summed E-state index contributed by atoms with van der Waals surface area (Å²) in [5.41, 5.74) is -0.245. The van der Waals surface area contributed by atoms with Crippen molar-refractivity contribution >= 4 is 33.9 Å². The zero-order valence-electron chi connectivity index (χ0n) is 21.4. The van der Waals surface area contributed by atoms with Crippen LogP contribution in [-0.4, -0.2) is 66.1 Å². The lowest BCUT2D eigenvalue weighted by atomic mass is 9.79. The van der Waals surface area contributed by atoms with Crippen molar-refractivity contribution in [2.45, 2.75) is 48.4 Å². The van der Waals surface area contributed by atoms with Gasteiger partial charge in [0, 0.05) is 18.3 Å². The molecule has 0 radical (unpaired) electrons. The normalized spacial score (nSPS) is 19.3. The van der Waals surface area contributed by atoms with Gasteiger partial charge in [0.05, 0.1) is 16.8 Å². The summed E-state index contributed by atoms with van der Waals surface area (Å²) < 4.78 is 73.7. The predicted octanol–water partition coefficient (Wildman–Crippen LogP) is 4.69. The van der Waals surface area contributed by atoms with Gasteiger partial charge in [-0.15, -0.1) is 0 Å². The van der Waals surface area contributed by atoms with E-state index in [2.05, 4.69) is 19.7 Å². The summed E-state index contributed by atoms with van der Waals surface area (Å²) in [6.07, 6.45) is 0.799. The minimum Gasteiger partial charge on any atom is -0.483 e. The molecule has 0 spiro atoms. The maximum absolute atomic E-state index is 13.3. The fourth-order valence-electron chi connectivity index (χ4n) is 4.41. The molecule has 40 heavy (non-hydrogen) atoms. The summed E-state index contributed by atoms with van der Waals surface area (Å²) >= 11 is 5.79. The molecular formula is C25H27ClF3N5O5S. The van der Waals surface area contributed by atoms with Crippen LogP contribution in [0.5, 0.6) is 5.88 Å². The van der Waals surface area contributed by atoms with E-state index in [0.717, 1.165) is 6.07 Å². The standard InChI is InChI=1S/C24H25ClF3N5O3S.CH2O2/c1-33(2)20-12-16(15-3-6-19(25)18(11-15)24(26,27)28)4-7-21(20)36-23-8-5-17(13-30-23)37(34,35)32-22-9-10-29-14-31-22;2-1-3/h3,5-6,8-11,13-14,16,20-21H,4,7,12H2,1-2H3,(H,29,31,32);1H,(H,2,3)/t16-,20-,21-;/m0./s1. The van der Waals surface area contributed by atoms with Crippen LogP contribution in [0.3, 0.4) is 0 Å². The quantitative estimate of drug-likeness (QED) is 0.370. The monoisotopic (exact) mass is 601 g/mol. The Hall–Kier alpha value is -3.49. The van der Waals surface area contributed by atoms with Crippen LogP contribution in [0.4, 0.5) is 19.0 Å². The van der Waals surface area contributed by atoms with Crippen LogP contribution in [-0.2, 0) is 21.0 Å². The molecule has 0 unspecified atom stereocenters. The van der Waals surface area contributed by atoms with E-state index < -0.39 is 21.8 Å². The lowest BCUT2D eigenvalue weighted by Gasteiger charge is -2.39. The average Bonchev–Trinajstić information content (AvgIpc) is 2.89. The zero-order valence-corrected chi connectivity index (χ0v) is 23.0. The molecule has 0 saturated heterocycles. The maximum Gasteiger partial charge on any atom is 0.417 e. The highest BCUT2D eigenvalue weighted by molar-refractivity contribution is 7.92. The Morgan fingerprint density at radius 2 is 1.88 bits per heavy atom. The van der Waals surface area contributed by atoms with Gasteiger partial charge >= 0.3 is 6.18 Å². The number of carbonyl (C=O) groups is 1. The van der Waals surface area contributed by atoms with Crippen LogP contribution in [0, 0.1) is 0 Å². The minimum absolute atomic E-state index is 0.0606. The number of ether oxygens (including phenoxy) is 1. The van der Waals surface area contributed by atoms with Crippen molar-refractivity contribution in [3.63, 3.8) is 0 Å². The fourth-order valence-corrected chi connectivity index (χ4v) is 5.59. The second kappa shape index (κ2) is 13.2. The van der Waals surface area contributed by atoms with Gasteiger partial charge in [0.25, 0.3) is 16.5 Å². The van der Waals surface area contributed by atoms with E-state index in [1.807, 2.05) is 19.0 Å². The number of nitrogens with zero attached hydrogens (tertiary/aromatic N) is 4. The van der Waals surface area contributed by atoms with E-state index in [1.54, 1.807) is 6.07 Å². The Bertz CT molecular complexity index is 1380. The molecule has 1 aromatic carbocycles. The summed E-state index contributed by atoms with van der Waals surface area (Å²) in [6, 6.07) is 8.26. The molecule has 0 aliphatic heterocycles. The first kappa shape index (κ1) is 31.0. The number of hydrogen-bond acceptors (Lipinski definition) is 8. The second-order valence-corrected chi connectivity index (χ2v) is 11.2. The number of hydrogen-bond donors (Lipinski definition) is 2. The number of nitrogens with one attached hydrogen (secondary N) is 1. The first-order valence-electron chi connectivity index (χ1n) is 11.9. The zero-order chi connectivity index (χ0) is 29.5. The Kier molecular flexibility index (Phi) is 10.3. The molecule has 1 aliphatic rings. The number of pyridine rings is 1. The summed E-state index contributed by atoms with van der Waals surface area (Å²) in [5, 5.41) is 6.57. The number of aromatic nitrogens is 3. The van der Waals surface area contributed by atoms with Gasteiger partial charge in [0.2, 0.25) is 5.88 Å². The minimum atomic E-state index is -4.52. The van der Waals surface area contributed by atoms with Crippen molar-refractivity contribution in [2.24, 2.45) is 0 Å². The Morgan fingerprint density at radius 3 is 2.45 bits per heavy atom. The molecule has 3 atom stereocenters. The molecule has 3 aromatic rings. The van der Waals surface area contributed by atoms with Gasteiger partial charge < -0.3 is 14.7 Å². The van der Waals surface area contributed by atoms with Gasteiger partial charge in [-0.3, -0.25) is 9.52 Å². The highest BCUT2D eigenvalue weighted by Crippen LogP contribution is 2.41. The van der Waals surface area contributed by atoms with Crippen molar-refractivity contribution < 1.29 is 36.2 Å². The number of sulfonamides is 1. The third-order valence-electron chi connectivity index (χ3n) is 6.30. The SMILES string of the molecule is CN(C)[C@H]1C[C@@H](c2ccc(Cl)c(C(F)(F)F)c2)CC[C@@H]1Oc1ccc(S(=O)(=O)Nc2ccncn2)cn1.O=CO. The molecule has 2 heterocycles. The first-order chi connectivity index (χ1) is 18.9. The molecular weight excluding hydrogens is 575 g/mol. The Balaban J connectivity index is 0.00000141. The van der Waals surface area contributed by atoms with Gasteiger partial charge in [0.15, 0.2) is 0 Å². The van der Waals surface area contributed by atoms with E-state index >= 15 is 0 Å². The predicted molar refractivity (Wildman–Crippen MR) is 141 cm³/mol. The third kappa shape index (κ3) is 8.02. The average molecular weight is 602 g/mol. The van der Waals surface area contributed by atoms with E-state index in [4.69, 9.17) is 26.2 Å². The molecule has 1 fully saturated rings. The van der Waals surface area contributed by atoms with Crippen molar-refractivity contribution in [1.82, 2.24) is 19.9 Å². The van der Waals surface area contributed by atoms with Gasteiger partial charge in [-0.25, -0.2) is 23.4 Å². The molecule has 2 aromatic heterocycles. The molecule has 0 amide bonds.